The fraction of sp³-hybridized carbons (Fsp3) is 0.545. The Kier molecular flexibility index (Phi) is 141. The number of nitrogens with one attached hydrogen (secondary N) is 1. The molecule has 0 spiro atoms. The fourth-order valence-electron chi connectivity index (χ4n) is 0. The summed E-state index contributed by atoms with van der Waals surface area (Å²) in [4.78, 5) is 8.35. The van der Waals surface area contributed by atoms with Crippen molar-refractivity contribution in [1.29, 1.82) is 5.41 Å². The van der Waals surface area contributed by atoms with Crippen LogP contribution in [0.2, 0.25) is 0 Å². The fourth-order valence-corrected chi connectivity index (χ4v) is 0. The summed E-state index contributed by atoms with van der Waals surface area (Å²) >= 11 is 0. The Morgan fingerprint density at radius 2 is 0.800 bits per heavy atom. The van der Waals surface area contributed by atoms with Crippen molar-refractivity contribution < 1.29 is 41.9 Å². The minimum Gasteiger partial charge on any atom is -0.358 e. The van der Waals surface area contributed by atoms with E-state index in [-0.39, 0.29) is 52.0 Å². The van der Waals surface area contributed by atoms with Crippen LogP contribution in [0.25, 0.3) is 0 Å². The molecule has 0 aromatic heterocycles. The van der Waals surface area contributed by atoms with Gasteiger partial charge in [-0.3, -0.25) is 0 Å². The van der Waals surface area contributed by atoms with Crippen molar-refractivity contribution >= 4 is 6.08 Å². The predicted octanol–water partition coefficient (Wildman–Crippen LogP) is 4.04. The second-order valence-electron chi connectivity index (χ2n) is 3.10. The molecule has 0 atom stereocenters. The molecule has 0 heterocycles. The van der Waals surface area contributed by atoms with Crippen LogP contribution >= 0.6 is 0 Å². The smallest absolute Gasteiger partial charge is 0.358 e. The van der Waals surface area contributed by atoms with Gasteiger partial charge in [0.05, 0.1) is 0 Å². The molecule has 0 aliphatic carbocycles. The van der Waals surface area contributed by atoms with Gasteiger partial charge in [-0.15, -0.1) is 0 Å². The molecule has 90 valence electrons. The quantitative estimate of drug-likeness (QED) is 0.408. The maximum absolute atomic E-state index is 8.35. The summed E-state index contributed by atoms with van der Waals surface area (Å²) in [5.41, 5.74) is 0. The maximum atomic E-state index is 8.35. The van der Waals surface area contributed by atoms with Gasteiger partial charge >= 0.3 is 37.1 Å². The molecule has 4 heteroatoms. The van der Waals surface area contributed by atoms with Gasteiger partial charge in [-0.2, -0.15) is 41.5 Å². The van der Waals surface area contributed by atoms with Gasteiger partial charge in [0.25, 0.3) is 0 Å². The average Bonchev–Trinajstić information content (AvgIpc) is 1.60. The summed E-state index contributed by atoms with van der Waals surface area (Å²) in [6, 6.07) is 0. The van der Waals surface area contributed by atoms with E-state index < -0.39 is 0 Å². The first-order valence-corrected chi connectivity index (χ1v) is 3.45. The van der Waals surface area contributed by atoms with Gasteiger partial charge in [0, 0.05) is 0 Å². The molecular weight excluding hydrogens is 264 g/mol. The van der Waals surface area contributed by atoms with Crippen LogP contribution in [0.4, 0.5) is 0 Å². The first kappa shape index (κ1) is 45.0. The van der Waals surface area contributed by atoms with Crippen LogP contribution in [0.3, 0.4) is 0 Å². The molecule has 0 aliphatic heterocycles. The van der Waals surface area contributed by atoms with Crippen LogP contribution in [0.15, 0.2) is 0 Å². The van der Waals surface area contributed by atoms with E-state index in [1.165, 1.54) is 11.8 Å². The minimum absolute atomic E-state index is 0. The van der Waals surface area contributed by atoms with Crippen LogP contribution in [0.1, 0.15) is 41.5 Å². The topological polar surface area (TPSA) is 40.9 Å². The van der Waals surface area contributed by atoms with E-state index in [2.05, 4.69) is 41.5 Å². The molecule has 0 saturated heterocycles. The van der Waals surface area contributed by atoms with Crippen molar-refractivity contribution in [1.82, 2.24) is 0 Å². The van der Waals surface area contributed by atoms with E-state index in [0.717, 1.165) is 6.08 Å². The normalized spacial score (nSPS) is 5.33. The summed E-state index contributed by atoms with van der Waals surface area (Å²) in [6.07, 6.45) is 0.750. The largest absolute Gasteiger partial charge is 2.00 e. The molecule has 2 radical (unpaired) electrons. The molecule has 0 aromatic carbocycles. The molecule has 1 N–H and O–H groups in total. The van der Waals surface area contributed by atoms with Crippen molar-refractivity contribution in [2.75, 3.05) is 0 Å². The zero-order chi connectivity index (χ0) is 9.86. The van der Waals surface area contributed by atoms with Crippen LogP contribution < -0.4 is 0 Å². The van der Waals surface area contributed by atoms with Crippen molar-refractivity contribution in [2.45, 2.75) is 41.5 Å². The molecule has 0 unspecified atom stereocenters. The van der Waals surface area contributed by atoms with Crippen LogP contribution in [0.5, 0.6) is 0 Å². The zero-order valence-electron chi connectivity index (χ0n) is 11.3. The van der Waals surface area contributed by atoms with Gasteiger partial charge in [-0.25, -0.2) is 10.2 Å². The molecule has 0 saturated carbocycles. The third-order valence-corrected chi connectivity index (χ3v) is 0. The van der Waals surface area contributed by atoms with Crippen molar-refractivity contribution in [3.8, 4) is 0 Å². The Labute approximate surface area is 121 Å². The van der Waals surface area contributed by atoms with Gasteiger partial charge in [0.2, 0.25) is 6.08 Å². The van der Waals surface area contributed by atoms with Gasteiger partial charge in [-0.05, 0) is 0 Å². The summed E-state index contributed by atoms with van der Waals surface area (Å²) in [5.74, 6) is 2.83. The summed E-state index contributed by atoms with van der Waals surface area (Å²) in [6.45, 7) is 12.5. The van der Waals surface area contributed by atoms with Crippen molar-refractivity contribution in [2.24, 2.45) is 0 Å². The standard InChI is InChI=1S/2C4H9.CHNO.2CH3.2V/c2*1-4(2)3;2-1-3;;;;/h2*1-3H3;2H;2*1H3;;/q2*-1;;2*-1;2*+2. The van der Waals surface area contributed by atoms with E-state index in [9.17, 15) is 0 Å². The second-order valence-corrected chi connectivity index (χ2v) is 3.10. The van der Waals surface area contributed by atoms with E-state index in [0.29, 0.717) is 0 Å². The second kappa shape index (κ2) is 46.9. The van der Waals surface area contributed by atoms with Gasteiger partial charge in [0.1, 0.15) is 0 Å². The zero-order valence-corrected chi connectivity index (χ0v) is 14.1. The van der Waals surface area contributed by atoms with E-state index in [4.69, 9.17) is 10.2 Å². The molecule has 0 bridgehead atoms. The maximum Gasteiger partial charge on any atom is 2.00 e. The molecule has 15 heavy (non-hydrogen) atoms. The first-order valence-electron chi connectivity index (χ1n) is 3.45. The molecule has 2 nitrogen and oxygen atoms in total. The van der Waals surface area contributed by atoms with Crippen LogP contribution in [-0.4, -0.2) is 6.08 Å². The molecule has 0 fully saturated rings. The number of rotatable bonds is 0. The third-order valence-electron chi connectivity index (χ3n) is 0. The van der Waals surface area contributed by atoms with E-state index >= 15 is 0 Å². The number of hydrogen-bond acceptors (Lipinski definition) is 2. The molecule has 0 aromatic rings. The predicted molar refractivity (Wildman–Crippen MR) is 61.8 cm³/mol. The van der Waals surface area contributed by atoms with Gasteiger partial charge in [0.15, 0.2) is 0 Å². The Hall–Kier alpha value is 0.549. The molecule has 0 amide bonds. The van der Waals surface area contributed by atoms with Gasteiger partial charge < -0.3 is 26.7 Å². The first-order chi connectivity index (χ1) is 4.88. The number of isocyanates is 1. The van der Waals surface area contributed by atoms with Crippen LogP contribution in [-0.2, 0) is 41.9 Å². The van der Waals surface area contributed by atoms with E-state index in [1.807, 2.05) is 0 Å². The van der Waals surface area contributed by atoms with E-state index in [1.54, 1.807) is 0 Å². The molecular formula is C11H25NOV2. The monoisotopic (exact) mass is 289 g/mol. The molecule has 0 aliphatic rings. The SMILES string of the molecule is C[C-](C)C.C[C-](C)C.N=C=O.[CH3-].[CH3-].[V+2].[V+2]. The number of hydrogen-bond donors (Lipinski definition) is 1. The summed E-state index contributed by atoms with van der Waals surface area (Å²) in [7, 11) is 0. The van der Waals surface area contributed by atoms with Crippen molar-refractivity contribution in [3.63, 3.8) is 0 Å². The summed E-state index contributed by atoms with van der Waals surface area (Å²) < 4.78 is 0. The van der Waals surface area contributed by atoms with Gasteiger partial charge in [-0.1, -0.05) is 0 Å². The minimum atomic E-state index is 0. The Bertz CT molecular complexity index is 79.1. The van der Waals surface area contributed by atoms with Crippen LogP contribution in [0, 0.1) is 32.1 Å². The Balaban J connectivity index is -0.0000000114. The molecule has 0 rings (SSSR count). The third kappa shape index (κ3) is 7610. The van der Waals surface area contributed by atoms with Crippen molar-refractivity contribution in [3.05, 3.63) is 26.7 Å². The average molecular weight is 289 g/mol. The number of carbonyl (C=O) groups excluding carboxylic acids is 1. The summed E-state index contributed by atoms with van der Waals surface area (Å²) in [5, 5.41) is 5.40. The Morgan fingerprint density at radius 1 is 0.800 bits per heavy atom. The Morgan fingerprint density at radius 3 is 0.800 bits per heavy atom.